The largest absolute Gasteiger partial charge is 0.355 e. The Labute approximate surface area is 207 Å². The third-order valence-corrected chi connectivity index (χ3v) is 6.63. The van der Waals surface area contributed by atoms with Gasteiger partial charge in [-0.25, -0.2) is 4.68 Å². The maximum absolute atomic E-state index is 13.0. The zero-order valence-corrected chi connectivity index (χ0v) is 21.3. The highest BCUT2D eigenvalue weighted by molar-refractivity contribution is 5.96. The molecule has 2 heterocycles. The van der Waals surface area contributed by atoms with Crippen molar-refractivity contribution in [2.24, 2.45) is 11.8 Å². The fourth-order valence-corrected chi connectivity index (χ4v) is 4.43. The van der Waals surface area contributed by atoms with Crippen molar-refractivity contribution in [3.8, 4) is 5.69 Å². The summed E-state index contributed by atoms with van der Waals surface area (Å²) in [4.78, 5) is 27.9. The summed E-state index contributed by atoms with van der Waals surface area (Å²) in [5.74, 6) is 0.705. The van der Waals surface area contributed by atoms with Crippen molar-refractivity contribution < 1.29 is 9.59 Å². The standard InChI is InChI=1S/C28H35N5O2/c1-18(2)26(34)30-25-21(5)31-33(23-9-7-6-8-10-23)28(25)32-15-13-22(14-16-32)27(35)29-24-17-19(3)11-12-20(24)4/h6-12,17-18,22H,13-16H2,1-5H3,(H,29,35)(H,30,34). The average molecular weight is 474 g/mol. The molecular formula is C28H35N5O2. The van der Waals surface area contributed by atoms with Gasteiger partial charge in [-0.1, -0.05) is 44.2 Å². The van der Waals surface area contributed by atoms with Crippen molar-refractivity contribution in [3.63, 3.8) is 0 Å². The molecule has 0 spiro atoms. The third kappa shape index (κ3) is 5.39. The van der Waals surface area contributed by atoms with E-state index in [2.05, 4.69) is 21.6 Å². The lowest BCUT2D eigenvalue weighted by atomic mass is 9.95. The monoisotopic (exact) mass is 473 g/mol. The van der Waals surface area contributed by atoms with Crippen molar-refractivity contribution in [1.29, 1.82) is 0 Å². The van der Waals surface area contributed by atoms with E-state index in [1.54, 1.807) is 0 Å². The highest BCUT2D eigenvalue weighted by Crippen LogP contribution is 2.35. The van der Waals surface area contributed by atoms with E-state index in [-0.39, 0.29) is 23.7 Å². The summed E-state index contributed by atoms with van der Waals surface area (Å²) in [6.07, 6.45) is 1.46. The number of anilines is 3. The molecule has 1 saturated heterocycles. The molecule has 2 aromatic carbocycles. The molecule has 0 atom stereocenters. The molecule has 1 aromatic heterocycles. The van der Waals surface area contributed by atoms with Crippen LogP contribution in [-0.2, 0) is 9.59 Å². The van der Waals surface area contributed by atoms with Gasteiger partial charge in [0.05, 0.1) is 11.4 Å². The van der Waals surface area contributed by atoms with E-state index in [4.69, 9.17) is 5.10 Å². The number of carbonyl (C=O) groups is 2. The maximum atomic E-state index is 13.0. The van der Waals surface area contributed by atoms with Gasteiger partial charge >= 0.3 is 0 Å². The van der Waals surface area contributed by atoms with Crippen LogP contribution in [0.15, 0.2) is 48.5 Å². The number of amides is 2. The number of rotatable bonds is 6. The normalized spacial score (nSPS) is 14.3. The predicted octanol–water partition coefficient (Wildman–Crippen LogP) is 5.25. The number of aromatic nitrogens is 2. The lowest BCUT2D eigenvalue weighted by Gasteiger charge is -2.34. The minimum atomic E-state index is -0.137. The smallest absolute Gasteiger partial charge is 0.227 e. The molecule has 1 aliphatic heterocycles. The van der Waals surface area contributed by atoms with E-state index < -0.39 is 0 Å². The third-order valence-electron chi connectivity index (χ3n) is 6.63. The lowest BCUT2D eigenvalue weighted by molar-refractivity contribution is -0.120. The SMILES string of the molecule is Cc1ccc(C)c(NC(=O)C2CCN(c3c(NC(=O)C(C)C)c(C)nn3-c3ccccc3)CC2)c1. The topological polar surface area (TPSA) is 79.3 Å². The summed E-state index contributed by atoms with van der Waals surface area (Å²) in [6, 6.07) is 16.1. The van der Waals surface area contributed by atoms with Crippen LogP contribution >= 0.6 is 0 Å². The second-order valence-electron chi connectivity index (χ2n) is 9.74. The molecule has 7 nitrogen and oxygen atoms in total. The van der Waals surface area contributed by atoms with Gasteiger partial charge in [0.25, 0.3) is 0 Å². The number of nitrogens with one attached hydrogen (secondary N) is 2. The van der Waals surface area contributed by atoms with E-state index in [0.29, 0.717) is 13.1 Å². The molecule has 0 saturated carbocycles. The van der Waals surface area contributed by atoms with Gasteiger partial charge in [-0.15, -0.1) is 0 Å². The second kappa shape index (κ2) is 10.3. The molecule has 3 aromatic rings. The van der Waals surface area contributed by atoms with Gasteiger partial charge in [0.2, 0.25) is 11.8 Å². The molecular weight excluding hydrogens is 438 g/mol. The number of hydrogen-bond acceptors (Lipinski definition) is 4. The fraction of sp³-hybridized carbons (Fsp3) is 0.393. The molecule has 35 heavy (non-hydrogen) atoms. The second-order valence-corrected chi connectivity index (χ2v) is 9.74. The Morgan fingerprint density at radius 1 is 0.971 bits per heavy atom. The zero-order chi connectivity index (χ0) is 25.1. The quantitative estimate of drug-likeness (QED) is 0.513. The summed E-state index contributed by atoms with van der Waals surface area (Å²) < 4.78 is 1.90. The van der Waals surface area contributed by atoms with Crippen molar-refractivity contribution >= 4 is 29.0 Å². The Morgan fingerprint density at radius 3 is 2.31 bits per heavy atom. The molecule has 0 radical (unpaired) electrons. The molecule has 7 heteroatoms. The maximum Gasteiger partial charge on any atom is 0.227 e. The highest BCUT2D eigenvalue weighted by atomic mass is 16.2. The van der Waals surface area contributed by atoms with Crippen LogP contribution in [0.25, 0.3) is 5.69 Å². The number of piperidine rings is 1. The summed E-state index contributed by atoms with van der Waals surface area (Å²) >= 11 is 0. The Hall–Kier alpha value is -3.61. The Balaban J connectivity index is 1.55. The molecule has 2 amide bonds. The van der Waals surface area contributed by atoms with Gasteiger partial charge in [-0.2, -0.15) is 5.10 Å². The summed E-state index contributed by atoms with van der Waals surface area (Å²) in [5.41, 5.74) is 5.52. The molecule has 0 bridgehead atoms. The number of aryl methyl sites for hydroxylation is 3. The molecule has 0 unspecified atom stereocenters. The molecule has 0 aliphatic carbocycles. The first-order chi connectivity index (χ1) is 16.7. The minimum Gasteiger partial charge on any atom is -0.355 e. The Morgan fingerprint density at radius 2 is 1.66 bits per heavy atom. The molecule has 1 aliphatic rings. The van der Waals surface area contributed by atoms with Crippen LogP contribution in [0.5, 0.6) is 0 Å². The van der Waals surface area contributed by atoms with Crippen LogP contribution in [0.3, 0.4) is 0 Å². The van der Waals surface area contributed by atoms with E-state index in [1.807, 2.05) is 81.8 Å². The zero-order valence-electron chi connectivity index (χ0n) is 21.3. The van der Waals surface area contributed by atoms with Gasteiger partial charge in [-0.05, 0) is 62.9 Å². The molecule has 2 N–H and O–H groups in total. The predicted molar refractivity (Wildman–Crippen MR) is 141 cm³/mol. The molecule has 4 rings (SSSR count). The van der Waals surface area contributed by atoms with Crippen LogP contribution < -0.4 is 15.5 Å². The Bertz CT molecular complexity index is 1210. The van der Waals surface area contributed by atoms with Crippen LogP contribution in [-0.4, -0.2) is 34.7 Å². The highest BCUT2D eigenvalue weighted by Gasteiger charge is 2.30. The summed E-state index contributed by atoms with van der Waals surface area (Å²) in [5, 5.41) is 11.0. The summed E-state index contributed by atoms with van der Waals surface area (Å²) in [6.45, 7) is 11.1. The van der Waals surface area contributed by atoms with Gasteiger partial charge < -0.3 is 15.5 Å². The number of carbonyl (C=O) groups excluding carboxylic acids is 2. The van der Waals surface area contributed by atoms with Crippen molar-refractivity contribution in [2.75, 3.05) is 28.6 Å². The van der Waals surface area contributed by atoms with Gasteiger partial charge in [-0.3, -0.25) is 9.59 Å². The number of para-hydroxylation sites is 1. The minimum absolute atomic E-state index is 0.0373. The van der Waals surface area contributed by atoms with Crippen LogP contribution in [0.1, 0.15) is 43.5 Å². The van der Waals surface area contributed by atoms with Gasteiger partial charge in [0.15, 0.2) is 5.82 Å². The molecule has 184 valence electrons. The van der Waals surface area contributed by atoms with E-state index in [1.165, 1.54) is 0 Å². The van der Waals surface area contributed by atoms with Crippen LogP contribution in [0, 0.1) is 32.6 Å². The fourth-order valence-electron chi connectivity index (χ4n) is 4.43. The average Bonchev–Trinajstić information content (AvgIpc) is 3.17. The van der Waals surface area contributed by atoms with Crippen molar-refractivity contribution in [3.05, 3.63) is 65.4 Å². The van der Waals surface area contributed by atoms with E-state index in [9.17, 15) is 9.59 Å². The first-order valence-corrected chi connectivity index (χ1v) is 12.3. The van der Waals surface area contributed by atoms with E-state index >= 15 is 0 Å². The molecule has 1 fully saturated rings. The Kier molecular flexibility index (Phi) is 7.24. The van der Waals surface area contributed by atoms with Crippen LogP contribution in [0.4, 0.5) is 17.2 Å². The number of hydrogen-bond donors (Lipinski definition) is 2. The van der Waals surface area contributed by atoms with Crippen molar-refractivity contribution in [2.45, 2.75) is 47.5 Å². The van der Waals surface area contributed by atoms with Crippen LogP contribution in [0.2, 0.25) is 0 Å². The lowest BCUT2D eigenvalue weighted by Crippen LogP contribution is -2.39. The number of nitrogens with zero attached hydrogens (tertiary/aromatic N) is 3. The first-order valence-electron chi connectivity index (χ1n) is 12.3. The van der Waals surface area contributed by atoms with Crippen molar-refractivity contribution in [1.82, 2.24) is 9.78 Å². The van der Waals surface area contributed by atoms with Gasteiger partial charge in [0.1, 0.15) is 5.69 Å². The van der Waals surface area contributed by atoms with Gasteiger partial charge in [0, 0.05) is 30.6 Å². The van der Waals surface area contributed by atoms with E-state index in [0.717, 1.165) is 52.5 Å². The summed E-state index contributed by atoms with van der Waals surface area (Å²) in [7, 11) is 0. The number of benzene rings is 2. The first kappa shape index (κ1) is 24.5.